The van der Waals surface area contributed by atoms with Crippen molar-refractivity contribution < 1.29 is 26.7 Å². The largest absolute Gasteiger partial charge is 0.451 e. The standard InChI is InChI=1S/C14H7F5N2O/c15-10-3-8(14(17,18)19)4-11(16)13(10)22-9-2-1-7(6-20)12(21)5-9/h1-5H,21H2. The van der Waals surface area contributed by atoms with Crippen molar-refractivity contribution in [2.24, 2.45) is 0 Å². The van der Waals surface area contributed by atoms with E-state index < -0.39 is 29.1 Å². The highest BCUT2D eigenvalue weighted by Crippen LogP contribution is 2.35. The molecule has 0 aliphatic rings. The van der Waals surface area contributed by atoms with Gasteiger partial charge in [0.15, 0.2) is 17.4 Å². The first-order chi connectivity index (χ1) is 10.2. The van der Waals surface area contributed by atoms with E-state index in [9.17, 15) is 22.0 Å². The van der Waals surface area contributed by atoms with E-state index in [4.69, 9.17) is 15.7 Å². The first kappa shape index (κ1) is 15.6. The van der Waals surface area contributed by atoms with Crippen LogP contribution in [-0.4, -0.2) is 0 Å². The fourth-order valence-corrected chi connectivity index (χ4v) is 1.65. The topological polar surface area (TPSA) is 59.0 Å². The Hall–Kier alpha value is -2.82. The fraction of sp³-hybridized carbons (Fsp3) is 0.0714. The highest BCUT2D eigenvalue weighted by Gasteiger charge is 2.33. The number of nitriles is 1. The molecule has 114 valence electrons. The molecule has 0 amide bonds. The number of benzene rings is 2. The summed E-state index contributed by atoms with van der Waals surface area (Å²) in [7, 11) is 0. The molecule has 0 spiro atoms. The van der Waals surface area contributed by atoms with Crippen LogP contribution in [0.3, 0.4) is 0 Å². The number of nitrogens with zero attached hydrogens (tertiary/aromatic N) is 1. The molecular formula is C14H7F5N2O. The lowest BCUT2D eigenvalue weighted by Gasteiger charge is -2.12. The van der Waals surface area contributed by atoms with Crippen LogP contribution in [0.25, 0.3) is 0 Å². The molecule has 2 aromatic carbocycles. The summed E-state index contributed by atoms with van der Waals surface area (Å²) < 4.78 is 69.4. The highest BCUT2D eigenvalue weighted by atomic mass is 19.4. The van der Waals surface area contributed by atoms with Crippen molar-refractivity contribution in [3.63, 3.8) is 0 Å². The van der Waals surface area contributed by atoms with Crippen LogP contribution < -0.4 is 10.5 Å². The van der Waals surface area contributed by atoms with E-state index in [1.807, 2.05) is 0 Å². The summed E-state index contributed by atoms with van der Waals surface area (Å²) in [6.07, 6.45) is -4.88. The zero-order chi connectivity index (χ0) is 16.5. The molecule has 8 heteroatoms. The van der Waals surface area contributed by atoms with E-state index in [0.717, 1.165) is 6.07 Å². The molecule has 0 aliphatic heterocycles. The van der Waals surface area contributed by atoms with Crippen molar-refractivity contribution in [2.45, 2.75) is 6.18 Å². The van der Waals surface area contributed by atoms with Gasteiger partial charge in [0.2, 0.25) is 0 Å². The van der Waals surface area contributed by atoms with Gasteiger partial charge in [0.1, 0.15) is 11.8 Å². The lowest BCUT2D eigenvalue weighted by Crippen LogP contribution is -2.07. The second-order valence-electron chi connectivity index (χ2n) is 4.23. The summed E-state index contributed by atoms with van der Waals surface area (Å²) in [4.78, 5) is 0. The monoisotopic (exact) mass is 314 g/mol. The molecule has 0 bridgehead atoms. The average molecular weight is 314 g/mol. The van der Waals surface area contributed by atoms with Crippen LogP contribution in [0, 0.1) is 23.0 Å². The van der Waals surface area contributed by atoms with E-state index in [-0.39, 0.29) is 29.1 Å². The van der Waals surface area contributed by atoms with E-state index in [1.165, 1.54) is 12.1 Å². The van der Waals surface area contributed by atoms with Crippen molar-refractivity contribution in [1.29, 1.82) is 5.26 Å². The van der Waals surface area contributed by atoms with Gasteiger partial charge in [-0.1, -0.05) is 0 Å². The van der Waals surface area contributed by atoms with Gasteiger partial charge in [-0.2, -0.15) is 18.4 Å². The number of nitrogens with two attached hydrogens (primary N) is 1. The van der Waals surface area contributed by atoms with E-state index in [1.54, 1.807) is 6.07 Å². The highest BCUT2D eigenvalue weighted by molar-refractivity contribution is 5.57. The number of nitrogen functional groups attached to an aromatic ring is 1. The quantitative estimate of drug-likeness (QED) is 0.666. The minimum atomic E-state index is -4.88. The lowest BCUT2D eigenvalue weighted by atomic mass is 10.2. The Morgan fingerprint density at radius 1 is 1.05 bits per heavy atom. The third-order valence-electron chi connectivity index (χ3n) is 2.69. The maximum atomic E-state index is 13.6. The molecule has 0 heterocycles. The molecule has 0 saturated heterocycles. The average Bonchev–Trinajstić information content (AvgIpc) is 2.41. The minimum absolute atomic E-state index is 0.00716. The number of ether oxygens (including phenoxy) is 1. The van der Waals surface area contributed by atoms with Gasteiger partial charge in [0, 0.05) is 6.07 Å². The van der Waals surface area contributed by atoms with Gasteiger partial charge < -0.3 is 10.5 Å². The number of halogens is 5. The van der Waals surface area contributed by atoms with Crippen molar-refractivity contribution >= 4 is 5.69 Å². The summed E-state index contributed by atoms with van der Waals surface area (Å²) >= 11 is 0. The summed E-state index contributed by atoms with van der Waals surface area (Å²) in [5.41, 5.74) is 4.17. The summed E-state index contributed by atoms with van der Waals surface area (Å²) in [5, 5.41) is 8.70. The number of hydrogen-bond acceptors (Lipinski definition) is 3. The molecule has 0 saturated carbocycles. The SMILES string of the molecule is N#Cc1ccc(Oc2c(F)cc(C(F)(F)F)cc2F)cc1N. The van der Waals surface area contributed by atoms with Gasteiger partial charge in [-0.3, -0.25) is 0 Å². The fourth-order valence-electron chi connectivity index (χ4n) is 1.65. The van der Waals surface area contributed by atoms with Crippen molar-refractivity contribution in [3.8, 4) is 17.6 Å². The van der Waals surface area contributed by atoms with E-state index in [2.05, 4.69) is 0 Å². The minimum Gasteiger partial charge on any atom is -0.451 e. The van der Waals surface area contributed by atoms with Crippen LogP contribution >= 0.6 is 0 Å². The van der Waals surface area contributed by atoms with Gasteiger partial charge in [0.05, 0.1) is 16.8 Å². The third-order valence-corrected chi connectivity index (χ3v) is 2.69. The molecule has 0 radical (unpaired) electrons. The zero-order valence-corrected chi connectivity index (χ0v) is 10.7. The smallest absolute Gasteiger partial charge is 0.416 e. The van der Waals surface area contributed by atoms with Crippen LogP contribution in [0.1, 0.15) is 11.1 Å². The second kappa shape index (κ2) is 5.52. The summed E-state index contributed by atoms with van der Waals surface area (Å²) in [6, 6.07) is 5.64. The Labute approximate surface area is 121 Å². The molecule has 0 aliphatic carbocycles. The Morgan fingerprint density at radius 2 is 1.64 bits per heavy atom. The summed E-state index contributed by atoms with van der Waals surface area (Å²) in [6.45, 7) is 0. The van der Waals surface area contributed by atoms with Gasteiger partial charge >= 0.3 is 6.18 Å². The van der Waals surface area contributed by atoms with Gasteiger partial charge in [0.25, 0.3) is 0 Å². The van der Waals surface area contributed by atoms with Crippen molar-refractivity contribution in [2.75, 3.05) is 5.73 Å². The maximum Gasteiger partial charge on any atom is 0.416 e. The van der Waals surface area contributed by atoms with Gasteiger partial charge in [-0.05, 0) is 24.3 Å². The number of hydrogen-bond donors (Lipinski definition) is 1. The third kappa shape index (κ3) is 3.09. The molecule has 0 atom stereocenters. The normalized spacial score (nSPS) is 11.1. The predicted octanol–water partition coefficient (Wildman–Crippen LogP) is 4.23. The predicted molar refractivity (Wildman–Crippen MR) is 67.0 cm³/mol. The maximum absolute atomic E-state index is 13.6. The zero-order valence-electron chi connectivity index (χ0n) is 10.7. The molecule has 2 aromatic rings. The lowest BCUT2D eigenvalue weighted by molar-refractivity contribution is -0.138. The second-order valence-corrected chi connectivity index (χ2v) is 4.23. The van der Waals surface area contributed by atoms with Crippen LogP contribution in [0.15, 0.2) is 30.3 Å². The van der Waals surface area contributed by atoms with Crippen molar-refractivity contribution in [1.82, 2.24) is 0 Å². The number of anilines is 1. The van der Waals surface area contributed by atoms with E-state index in [0.29, 0.717) is 0 Å². The number of alkyl halides is 3. The molecular weight excluding hydrogens is 307 g/mol. The first-order valence-corrected chi connectivity index (χ1v) is 5.76. The van der Waals surface area contributed by atoms with Crippen LogP contribution in [0.4, 0.5) is 27.6 Å². The molecule has 0 fully saturated rings. The molecule has 0 aromatic heterocycles. The van der Waals surface area contributed by atoms with E-state index >= 15 is 0 Å². The Morgan fingerprint density at radius 3 is 2.09 bits per heavy atom. The molecule has 3 nitrogen and oxygen atoms in total. The Kier molecular flexibility index (Phi) is 3.91. The van der Waals surface area contributed by atoms with Gasteiger partial charge in [-0.15, -0.1) is 0 Å². The molecule has 2 rings (SSSR count). The first-order valence-electron chi connectivity index (χ1n) is 5.76. The summed E-state index contributed by atoms with van der Waals surface area (Å²) in [5.74, 6) is -4.11. The van der Waals surface area contributed by atoms with Crippen LogP contribution in [-0.2, 0) is 6.18 Å². The van der Waals surface area contributed by atoms with Gasteiger partial charge in [-0.25, -0.2) is 8.78 Å². The molecule has 22 heavy (non-hydrogen) atoms. The molecule has 2 N–H and O–H groups in total. The molecule has 0 unspecified atom stereocenters. The van der Waals surface area contributed by atoms with Crippen LogP contribution in [0.5, 0.6) is 11.5 Å². The Balaban J connectivity index is 2.39. The van der Waals surface area contributed by atoms with Crippen LogP contribution in [0.2, 0.25) is 0 Å². The number of rotatable bonds is 2. The van der Waals surface area contributed by atoms with Crippen molar-refractivity contribution in [3.05, 3.63) is 53.1 Å². The Bertz CT molecular complexity index is 742.